The molecule has 2 unspecified atom stereocenters. The number of likely N-dealkylation sites (tertiary alicyclic amines) is 1. The molecule has 1 heterocycles. The Morgan fingerprint density at radius 2 is 1.64 bits per heavy atom. The van der Waals surface area contributed by atoms with Crippen LogP contribution < -0.4 is 0 Å². The van der Waals surface area contributed by atoms with Crippen LogP contribution in [0.15, 0.2) is 12.7 Å². The molecule has 0 saturated carbocycles. The van der Waals surface area contributed by atoms with E-state index >= 15 is 0 Å². The molecule has 0 spiro atoms. The molecule has 1 aliphatic heterocycles. The third-order valence-corrected chi connectivity index (χ3v) is 3.74. The van der Waals surface area contributed by atoms with E-state index in [4.69, 9.17) is 0 Å². The molecular formula is C20H46N2. The van der Waals surface area contributed by atoms with Gasteiger partial charge in [0.05, 0.1) is 0 Å². The summed E-state index contributed by atoms with van der Waals surface area (Å²) in [6.45, 7) is 21.9. The zero-order chi connectivity index (χ0) is 18.0. The topological polar surface area (TPSA) is 6.48 Å². The second-order valence-corrected chi connectivity index (χ2v) is 5.44. The van der Waals surface area contributed by atoms with Gasteiger partial charge in [-0.2, -0.15) is 0 Å². The van der Waals surface area contributed by atoms with Gasteiger partial charge in [0.15, 0.2) is 0 Å². The standard InChI is InChI=1S/C14H28N2.3C2H6/c1-5-6-7-8-9-15(3)11-14-10-13(2)16(4)12-14;3*1-2/h5,13-14H,1,6-12H2,2-4H3;3*1-2H3. The molecule has 0 aromatic carbocycles. The van der Waals surface area contributed by atoms with Gasteiger partial charge in [-0.1, -0.05) is 47.6 Å². The number of nitrogens with zero attached hydrogens (tertiary/aromatic N) is 2. The maximum atomic E-state index is 3.76. The third kappa shape index (κ3) is 14.6. The van der Waals surface area contributed by atoms with E-state index in [2.05, 4.69) is 37.4 Å². The van der Waals surface area contributed by atoms with Crippen LogP contribution in [0.3, 0.4) is 0 Å². The molecule has 0 amide bonds. The van der Waals surface area contributed by atoms with Crippen LogP contribution in [-0.4, -0.2) is 49.6 Å². The Morgan fingerprint density at radius 3 is 2.05 bits per heavy atom. The molecule has 2 heteroatoms. The van der Waals surface area contributed by atoms with E-state index in [1.54, 1.807) is 0 Å². The molecular weight excluding hydrogens is 268 g/mol. The largest absolute Gasteiger partial charge is 0.306 e. The van der Waals surface area contributed by atoms with Crippen LogP contribution in [0.4, 0.5) is 0 Å². The molecule has 1 fully saturated rings. The molecule has 136 valence electrons. The van der Waals surface area contributed by atoms with E-state index in [1.165, 1.54) is 38.9 Å². The summed E-state index contributed by atoms with van der Waals surface area (Å²) >= 11 is 0. The van der Waals surface area contributed by atoms with E-state index in [9.17, 15) is 0 Å². The Bertz CT molecular complexity index is 194. The summed E-state index contributed by atoms with van der Waals surface area (Å²) < 4.78 is 0. The molecule has 0 bridgehead atoms. The minimum atomic E-state index is 0.777. The van der Waals surface area contributed by atoms with Crippen LogP contribution in [0, 0.1) is 5.92 Å². The first-order valence-corrected chi connectivity index (χ1v) is 9.63. The first-order valence-electron chi connectivity index (χ1n) is 9.63. The van der Waals surface area contributed by atoms with E-state index in [-0.39, 0.29) is 0 Å². The second-order valence-electron chi connectivity index (χ2n) is 5.44. The highest BCUT2D eigenvalue weighted by Crippen LogP contribution is 2.21. The van der Waals surface area contributed by atoms with Gasteiger partial charge >= 0.3 is 0 Å². The Kier molecular flexibility index (Phi) is 24.9. The first kappa shape index (κ1) is 26.6. The highest BCUT2D eigenvalue weighted by molar-refractivity contribution is 4.81. The third-order valence-electron chi connectivity index (χ3n) is 3.74. The molecule has 2 nitrogen and oxygen atoms in total. The zero-order valence-corrected chi connectivity index (χ0v) is 17.3. The highest BCUT2D eigenvalue weighted by Gasteiger charge is 2.26. The summed E-state index contributed by atoms with van der Waals surface area (Å²) in [5.41, 5.74) is 0. The van der Waals surface area contributed by atoms with Gasteiger partial charge in [-0.25, -0.2) is 0 Å². The number of unbranched alkanes of at least 4 members (excludes halogenated alkanes) is 2. The lowest BCUT2D eigenvalue weighted by Gasteiger charge is -2.20. The van der Waals surface area contributed by atoms with Crippen molar-refractivity contribution in [2.45, 2.75) is 80.2 Å². The Balaban J connectivity index is -0.000000535. The zero-order valence-electron chi connectivity index (χ0n) is 17.3. The van der Waals surface area contributed by atoms with Gasteiger partial charge in [-0.15, -0.1) is 6.58 Å². The fourth-order valence-electron chi connectivity index (χ4n) is 2.66. The minimum Gasteiger partial charge on any atom is -0.306 e. The monoisotopic (exact) mass is 314 g/mol. The molecule has 0 aromatic heterocycles. The Morgan fingerprint density at radius 1 is 1.09 bits per heavy atom. The molecule has 1 aliphatic rings. The summed E-state index contributed by atoms with van der Waals surface area (Å²) in [6, 6.07) is 0.777. The van der Waals surface area contributed by atoms with Crippen LogP contribution in [0.25, 0.3) is 0 Å². The van der Waals surface area contributed by atoms with E-state index in [1.807, 2.05) is 47.6 Å². The van der Waals surface area contributed by atoms with Crippen molar-refractivity contribution in [2.75, 3.05) is 33.7 Å². The number of rotatable bonds is 7. The quantitative estimate of drug-likeness (QED) is 0.440. The van der Waals surface area contributed by atoms with Crippen LogP contribution in [0.2, 0.25) is 0 Å². The average molecular weight is 315 g/mol. The molecule has 1 rings (SSSR count). The van der Waals surface area contributed by atoms with Crippen LogP contribution in [0.5, 0.6) is 0 Å². The highest BCUT2D eigenvalue weighted by atomic mass is 15.2. The van der Waals surface area contributed by atoms with Crippen molar-refractivity contribution in [2.24, 2.45) is 5.92 Å². The molecule has 2 atom stereocenters. The molecule has 0 aromatic rings. The maximum Gasteiger partial charge on any atom is 0.00676 e. The van der Waals surface area contributed by atoms with Gasteiger partial charge in [0.2, 0.25) is 0 Å². The van der Waals surface area contributed by atoms with Crippen molar-refractivity contribution in [1.82, 2.24) is 9.80 Å². The Hall–Kier alpha value is -0.340. The van der Waals surface area contributed by atoms with Gasteiger partial charge in [0.25, 0.3) is 0 Å². The molecule has 1 saturated heterocycles. The molecule has 0 N–H and O–H groups in total. The fourth-order valence-corrected chi connectivity index (χ4v) is 2.66. The van der Waals surface area contributed by atoms with Crippen LogP contribution in [-0.2, 0) is 0 Å². The molecule has 22 heavy (non-hydrogen) atoms. The lowest BCUT2D eigenvalue weighted by molar-refractivity contribution is 0.267. The van der Waals surface area contributed by atoms with Crippen LogP contribution >= 0.6 is 0 Å². The van der Waals surface area contributed by atoms with Crippen molar-refractivity contribution in [3.8, 4) is 0 Å². The lowest BCUT2D eigenvalue weighted by atomic mass is 10.1. The van der Waals surface area contributed by atoms with E-state index in [0.717, 1.165) is 18.4 Å². The normalized spacial score (nSPS) is 20.1. The van der Waals surface area contributed by atoms with Gasteiger partial charge in [-0.05, 0) is 59.2 Å². The Labute approximate surface area is 143 Å². The summed E-state index contributed by atoms with van der Waals surface area (Å²) in [4.78, 5) is 4.98. The van der Waals surface area contributed by atoms with E-state index < -0.39 is 0 Å². The van der Waals surface area contributed by atoms with Gasteiger partial charge in [-0.3, -0.25) is 0 Å². The molecule has 0 radical (unpaired) electrons. The number of hydrogen-bond donors (Lipinski definition) is 0. The predicted octanol–water partition coefficient (Wildman–Crippen LogP) is 5.69. The second kappa shape index (κ2) is 20.7. The van der Waals surface area contributed by atoms with Crippen molar-refractivity contribution in [1.29, 1.82) is 0 Å². The fraction of sp³-hybridized carbons (Fsp3) is 0.900. The predicted molar refractivity (Wildman–Crippen MR) is 106 cm³/mol. The van der Waals surface area contributed by atoms with E-state index in [0.29, 0.717) is 0 Å². The smallest absolute Gasteiger partial charge is 0.00676 e. The minimum absolute atomic E-state index is 0.777. The maximum absolute atomic E-state index is 3.76. The summed E-state index contributed by atoms with van der Waals surface area (Å²) in [5.74, 6) is 0.879. The van der Waals surface area contributed by atoms with Gasteiger partial charge < -0.3 is 9.80 Å². The summed E-state index contributed by atoms with van der Waals surface area (Å²) in [7, 11) is 4.51. The summed E-state index contributed by atoms with van der Waals surface area (Å²) in [5, 5.41) is 0. The lowest BCUT2D eigenvalue weighted by Crippen LogP contribution is -2.28. The van der Waals surface area contributed by atoms with Gasteiger partial charge in [0.1, 0.15) is 0 Å². The average Bonchev–Trinajstić information content (AvgIpc) is 2.87. The van der Waals surface area contributed by atoms with Crippen molar-refractivity contribution < 1.29 is 0 Å². The van der Waals surface area contributed by atoms with Crippen molar-refractivity contribution in [3.05, 3.63) is 12.7 Å². The van der Waals surface area contributed by atoms with Crippen LogP contribution in [0.1, 0.15) is 74.1 Å². The van der Waals surface area contributed by atoms with Crippen molar-refractivity contribution in [3.63, 3.8) is 0 Å². The SMILES string of the molecule is C=CCCCCN(C)CC1CC(C)N(C)C1.CC.CC.CC. The van der Waals surface area contributed by atoms with Gasteiger partial charge in [0, 0.05) is 19.1 Å². The first-order chi connectivity index (χ1) is 10.6. The van der Waals surface area contributed by atoms with Crippen molar-refractivity contribution >= 4 is 0 Å². The number of hydrogen-bond acceptors (Lipinski definition) is 2. The number of allylic oxidation sites excluding steroid dienone is 1. The molecule has 0 aliphatic carbocycles. The summed E-state index contributed by atoms with van der Waals surface area (Å²) in [6.07, 6.45) is 7.15.